The average molecular weight is 421 g/mol. The molecule has 1 fully saturated rings. The number of carbonyl (C=O) groups is 1. The van der Waals surface area contributed by atoms with Gasteiger partial charge >= 0.3 is 0 Å². The number of Topliss-reactive ketones (excluding diaryl/α,β-unsaturated/α-hetero) is 1. The minimum atomic E-state index is -0.363. The summed E-state index contributed by atoms with van der Waals surface area (Å²) in [6.07, 6.45) is 1.99. The second-order valence-electron chi connectivity index (χ2n) is 6.78. The zero-order chi connectivity index (χ0) is 20.1. The summed E-state index contributed by atoms with van der Waals surface area (Å²) in [5.74, 6) is -0.359. The summed E-state index contributed by atoms with van der Waals surface area (Å²) < 4.78 is 20.0. The molecular weight excluding hydrogens is 399 g/mol. The molecule has 1 saturated heterocycles. The van der Waals surface area contributed by atoms with Gasteiger partial charge in [-0.05, 0) is 68.4 Å². The SMILES string of the molecule is CC(=O)c1ccc(NC(=S)N(Cc2c(F)cccc2Cl)C[C@@H]2CCCO2)cc1. The third kappa shape index (κ3) is 5.28. The minimum Gasteiger partial charge on any atom is -0.376 e. The van der Waals surface area contributed by atoms with Crippen molar-refractivity contribution in [3.63, 3.8) is 0 Å². The van der Waals surface area contributed by atoms with Gasteiger partial charge in [0.15, 0.2) is 10.9 Å². The molecular formula is C21H22ClFN2O2S. The Balaban J connectivity index is 1.76. The van der Waals surface area contributed by atoms with E-state index >= 15 is 0 Å². The zero-order valence-electron chi connectivity index (χ0n) is 15.6. The molecule has 1 N–H and O–H groups in total. The van der Waals surface area contributed by atoms with E-state index in [1.807, 2.05) is 4.90 Å². The molecule has 1 aliphatic heterocycles. The molecule has 0 aromatic heterocycles. The number of carbonyl (C=O) groups excluding carboxylic acids is 1. The number of nitrogens with zero attached hydrogens (tertiary/aromatic N) is 1. The first-order valence-electron chi connectivity index (χ1n) is 9.15. The lowest BCUT2D eigenvalue weighted by Crippen LogP contribution is -2.39. The van der Waals surface area contributed by atoms with Crippen LogP contribution in [0, 0.1) is 5.82 Å². The van der Waals surface area contributed by atoms with E-state index in [0.717, 1.165) is 25.1 Å². The highest BCUT2D eigenvalue weighted by Crippen LogP contribution is 2.23. The standard InChI is InChI=1S/C21H22ClFN2O2S/c1-14(26)15-7-9-16(10-8-15)24-21(28)25(12-17-4-3-11-27-17)13-18-19(22)5-2-6-20(18)23/h2,5-10,17H,3-4,11-13H2,1H3,(H,24,28)/t17-/m0/s1. The number of halogens is 2. The second kappa shape index (κ2) is 9.45. The molecule has 0 saturated carbocycles. The number of anilines is 1. The number of hydrogen-bond donors (Lipinski definition) is 1. The fourth-order valence-corrected chi connectivity index (χ4v) is 3.60. The smallest absolute Gasteiger partial charge is 0.173 e. The quantitative estimate of drug-likeness (QED) is 0.522. The van der Waals surface area contributed by atoms with Gasteiger partial charge in [-0.25, -0.2) is 4.39 Å². The van der Waals surface area contributed by atoms with E-state index in [4.69, 9.17) is 28.6 Å². The maximum absolute atomic E-state index is 14.3. The van der Waals surface area contributed by atoms with Gasteiger partial charge in [-0.2, -0.15) is 0 Å². The van der Waals surface area contributed by atoms with Crippen LogP contribution in [0.25, 0.3) is 0 Å². The fourth-order valence-electron chi connectivity index (χ4n) is 3.12. The Morgan fingerprint density at radius 1 is 1.32 bits per heavy atom. The van der Waals surface area contributed by atoms with E-state index in [9.17, 15) is 9.18 Å². The highest BCUT2D eigenvalue weighted by molar-refractivity contribution is 7.80. The molecule has 148 valence electrons. The zero-order valence-corrected chi connectivity index (χ0v) is 17.2. The highest BCUT2D eigenvalue weighted by Gasteiger charge is 2.23. The summed E-state index contributed by atoms with van der Waals surface area (Å²) in [7, 11) is 0. The maximum Gasteiger partial charge on any atom is 0.173 e. The van der Waals surface area contributed by atoms with Gasteiger partial charge in [-0.1, -0.05) is 17.7 Å². The highest BCUT2D eigenvalue weighted by atomic mass is 35.5. The first-order valence-corrected chi connectivity index (χ1v) is 9.94. The van der Waals surface area contributed by atoms with Gasteiger partial charge in [0.2, 0.25) is 0 Å². The van der Waals surface area contributed by atoms with Gasteiger partial charge in [0.25, 0.3) is 0 Å². The van der Waals surface area contributed by atoms with Gasteiger partial charge < -0.3 is 15.0 Å². The summed E-state index contributed by atoms with van der Waals surface area (Å²) in [6, 6.07) is 11.7. The van der Waals surface area contributed by atoms with E-state index < -0.39 is 0 Å². The van der Waals surface area contributed by atoms with Crippen molar-refractivity contribution in [3.05, 3.63) is 64.4 Å². The van der Waals surface area contributed by atoms with E-state index in [1.54, 1.807) is 36.4 Å². The molecule has 0 spiro atoms. The van der Waals surface area contributed by atoms with Crippen LogP contribution in [0.5, 0.6) is 0 Å². The van der Waals surface area contributed by atoms with Crippen molar-refractivity contribution < 1.29 is 13.9 Å². The summed E-state index contributed by atoms with van der Waals surface area (Å²) in [6.45, 7) is 3.03. The molecule has 0 radical (unpaired) electrons. The molecule has 0 amide bonds. The van der Waals surface area contributed by atoms with Crippen LogP contribution in [0.15, 0.2) is 42.5 Å². The normalized spacial score (nSPS) is 16.0. The van der Waals surface area contributed by atoms with E-state index in [-0.39, 0.29) is 24.2 Å². The predicted molar refractivity (Wildman–Crippen MR) is 113 cm³/mol. The first-order chi connectivity index (χ1) is 13.4. The van der Waals surface area contributed by atoms with E-state index in [2.05, 4.69) is 5.32 Å². The van der Waals surface area contributed by atoms with E-state index in [0.29, 0.717) is 27.8 Å². The van der Waals surface area contributed by atoms with Gasteiger partial charge in [-0.3, -0.25) is 4.79 Å². The molecule has 1 heterocycles. The Labute approximate surface area is 174 Å². The lowest BCUT2D eigenvalue weighted by atomic mass is 10.1. The third-order valence-corrected chi connectivity index (χ3v) is 5.40. The van der Waals surface area contributed by atoms with Gasteiger partial charge in [-0.15, -0.1) is 0 Å². The molecule has 2 aromatic carbocycles. The van der Waals surface area contributed by atoms with Crippen LogP contribution < -0.4 is 5.32 Å². The van der Waals surface area contributed by atoms with Gasteiger partial charge in [0.1, 0.15) is 5.82 Å². The number of rotatable bonds is 6. The summed E-state index contributed by atoms with van der Waals surface area (Å²) in [4.78, 5) is 13.3. The van der Waals surface area contributed by atoms with Crippen LogP contribution in [0.3, 0.4) is 0 Å². The Kier molecular flexibility index (Phi) is 6.99. The summed E-state index contributed by atoms with van der Waals surface area (Å²) >= 11 is 11.8. The average Bonchev–Trinajstić information content (AvgIpc) is 3.17. The maximum atomic E-state index is 14.3. The van der Waals surface area contributed by atoms with Crippen LogP contribution in [-0.2, 0) is 11.3 Å². The van der Waals surface area contributed by atoms with Crippen molar-refractivity contribution in [2.24, 2.45) is 0 Å². The van der Waals surface area contributed by atoms with Gasteiger partial charge in [0.05, 0.1) is 6.10 Å². The molecule has 0 bridgehead atoms. The Morgan fingerprint density at radius 3 is 2.68 bits per heavy atom. The van der Waals surface area contributed by atoms with Crippen molar-refractivity contribution in [1.82, 2.24) is 4.90 Å². The van der Waals surface area contributed by atoms with Gasteiger partial charge in [0, 0.05) is 41.5 Å². The molecule has 0 aliphatic carbocycles. The Morgan fingerprint density at radius 2 is 2.07 bits per heavy atom. The first kappa shape index (κ1) is 20.7. The molecule has 28 heavy (non-hydrogen) atoms. The lowest BCUT2D eigenvalue weighted by Gasteiger charge is -2.29. The summed E-state index contributed by atoms with van der Waals surface area (Å²) in [5.41, 5.74) is 1.79. The van der Waals surface area contributed by atoms with Crippen LogP contribution >= 0.6 is 23.8 Å². The van der Waals surface area contributed by atoms with Crippen LogP contribution in [0.1, 0.15) is 35.7 Å². The van der Waals surface area contributed by atoms with Crippen LogP contribution in [-0.4, -0.2) is 35.1 Å². The predicted octanol–water partition coefficient (Wildman–Crippen LogP) is 5.06. The number of ketones is 1. The number of ether oxygens (including phenoxy) is 1. The van der Waals surface area contributed by atoms with Crippen LogP contribution in [0.2, 0.25) is 5.02 Å². The largest absolute Gasteiger partial charge is 0.376 e. The monoisotopic (exact) mass is 420 g/mol. The molecule has 1 aliphatic rings. The van der Waals surface area contributed by atoms with Crippen molar-refractivity contribution >= 4 is 40.4 Å². The molecule has 4 nitrogen and oxygen atoms in total. The van der Waals surface area contributed by atoms with Crippen molar-refractivity contribution in [3.8, 4) is 0 Å². The number of benzene rings is 2. The minimum absolute atomic E-state index is 0.00308. The van der Waals surface area contributed by atoms with Crippen molar-refractivity contribution in [2.75, 3.05) is 18.5 Å². The van der Waals surface area contributed by atoms with Crippen molar-refractivity contribution in [1.29, 1.82) is 0 Å². The second-order valence-corrected chi connectivity index (χ2v) is 7.57. The topological polar surface area (TPSA) is 41.6 Å². The molecule has 2 aromatic rings. The molecule has 1 atom stereocenters. The third-order valence-electron chi connectivity index (χ3n) is 4.69. The molecule has 7 heteroatoms. The molecule has 0 unspecified atom stereocenters. The Hall–Kier alpha value is -2.02. The number of thiocarbonyl (C=S) groups is 1. The lowest BCUT2D eigenvalue weighted by molar-refractivity contribution is 0.0903. The summed E-state index contributed by atoms with van der Waals surface area (Å²) in [5, 5.41) is 3.98. The Bertz CT molecular complexity index is 834. The number of nitrogens with one attached hydrogen (secondary N) is 1. The van der Waals surface area contributed by atoms with E-state index in [1.165, 1.54) is 13.0 Å². The molecule has 3 rings (SSSR count). The number of hydrogen-bond acceptors (Lipinski definition) is 3. The van der Waals surface area contributed by atoms with Crippen molar-refractivity contribution in [2.45, 2.75) is 32.4 Å². The fraction of sp³-hybridized carbons (Fsp3) is 0.333. The van der Waals surface area contributed by atoms with Crippen LogP contribution in [0.4, 0.5) is 10.1 Å².